The molecule has 4 nitrogen and oxygen atoms in total. The van der Waals surface area contributed by atoms with Gasteiger partial charge in [-0.2, -0.15) is 0 Å². The second kappa shape index (κ2) is 5.88. The Morgan fingerprint density at radius 2 is 2.09 bits per heavy atom. The SMILES string of the molecule is C=CC(=O)OC(C)N(C)C.N. The molecule has 0 radical (unpaired) electrons. The number of nitrogens with zero attached hydrogens (tertiary/aromatic N) is 1. The molecular weight excluding hydrogens is 144 g/mol. The largest absolute Gasteiger partial charge is 0.444 e. The van der Waals surface area contributed by atoms with Crippen LogP contribution in [-0.2, 0) is 9.53 Å². The monoisotopic (exact) mass is 160 g/mol. The molecule has 1 unspecified atom stereocenters. The van der Waals surface area contributed by atoms with Crippen LogP contribution in [0, 0.1) is 0 Å². The number of ether oxygens (including phenoxy) is 1. The zero-order valence-electron chi connectivity index (χ0n) is 7.33. The zero-order chi connectivity index (χ0) is 8.15. The van der Waals surface area contributed by atoms with Crippen LogP contribution in [0.5, 0.6) is 0 Å². The van der Waals surface area contributed by atoms with Crippen molar-refractivity contribution in [2.24, 2.45) is 0 Å². The molecule has 0 aromatic rings. The minimum atomic E-state index is -0.388. The Morgan fingerprint density at radius 1 is 1.64 bits per heavy atom. The van der Waals surface area contributed by atoms with E-state index in [0.717, 1.165) is 6.08 Å². The van der Waals surface area contributed by atoms with Gasteiger partial charge in [-0.1, -0.05) is 6.58 Å². The molecular formula is C7H16N2O2. The summed E-state index contributed by atoms with van der Waals surface area (Å²) in [6, 6.07) is 0. The summed E-state index contributed by atoms with van der Waals surface area (Å²) in [5.74, 6) is -0.388. The van der Waals surface area contributed by atoms with Gasteiger partial charge in [0, 0.05) is 6.08 Å². The standard InChI is InChI=1S/C7H13NO2.H3N/c1-5-7(9)10-6(2)8(3)4;/h5-6H,1H2,2-4H3;1H3. The van der Waals surface area contributed by atoms with Gasteiger partial charge in [0.05, 0.1) is 0 Å². The van der Waals surface area contributed by atoms with E-state index in [1.165, 1.54) is 0 Å². The smallest absolute Gasteiger partial charge is 0.331 e. The van der Waals surface area contributed by atoms with Crippen molar-refractivity contribution in [2.45, 2.75) is 13.2 Å². The summed E-state index contributed by atoms with van der Waals surface area (Å²) in [5, 5.41) is 0. The molecule has 0 aliphatic rings. The van der Waals surface area contributed by atoms with Crippen molar-refractivity contribution in [3.63, 3.8) is 0 Å². The predicted molar refractivity (Wildman–Crippen MR) is 44.5 cm³/mol. The van der Waals surface area contributed by atoms with Gasteiger partial charge < -0.3 is 10.9 Å². The lowest BCUT2D eigenvalue weighted by molar-refractivity contribution is -0.149. The molecule has 0 heterocycles. The van der Waals surface area contributed by atoms with Crippen molar-refractivity contribution in [3.8, 4) is 0 Å². The molecule has 11 heavy (non-hydrogen) atoms. The van der Waals surface area contributed by atoms with E-state index in [1.54, 1.807) is 11.8 Å². The molecule has 0 amide bonds. The predicted octanol–water partition coefficient (Wildman–Crippen LogP) is 0.785. The maximum atomic E-state index is 10.6. The van der Waals surface area contributed by atoms with E-state index < -0.39 is 0 Å². The summed E-state index contributed by atoms with van der Waals surface area (Å²) >= 11 is 0. The lowest BCUT2D eigenvalue weighted by atomic mass is 10.6. The molecule has 0 saturated heterocycles. The van der Waals surface area contributed by atoms with Crippen molar-refractivity contribution in [3.05, 3.63) is 12.7 Å². The topological polar surface area (TPSA) is 64.5 Å². The Kier molecular flexibility index (Phi) is 6.83. The van der Waals surface area contributed by atoms with Crippen LogP contribution in [0.25, 0.3) is 0 Å². The number of carbonyl (C=O) groups is 1. The van der Waals surface area contributed by atoms with E-state index in [4.69, 9.17) is 4.74 Å². The summed E-state index contributed by atoms with van der Waals surface area (Å²) in [6.07, 6.45) is 0.963. The quantitative estimate of drug-likeness (QED) is 0.376. The van der Waals surface area contributed by atoms with E-state index in [0.29, 0.717) is 0 Å². The van der Waals surface area contributed by atoms with Crippen LogP contribution >= 0.6 is 0 Å². The molecule has 0 spiro atoms. The minimum absolute atomic E-state index is 0. The minimum Gasteiger partial charge on any atom is -0.444 e. The van der Waals surface area contributed by atoms with Gasteiger partial charge in [-0.05, 0) is 21.0 Å². The van der Waals surface area contributed by atoms with E-state index in [1.807, 2.05) is 14.1 Å². The number of rotatable bonds is 3. The molecule has 3 N–H and O–H groups in total. The van der Waals surface area contributed by atoms with Crippen LogP contribution in [0.2, 0.25) is 0 Å². The fraction of sp³-hybridized carbons (Fsp3) is 0.571. The molecule has 0 aliphatic carbocycles. The third-order valence-corrected chi connectivity index (χ3v) is 1.18. The van der Waals surface area contributed by atoms with Crippen LogP contribution in [0.3, 0.4) is 0 Å². The van der Waals surface area contributed by atoms with Gasteiger partial charge in [-0.3, -0.25) is 4.90 Å². The highest BCUT2D eigenvalue weighted by Crippen LogP contribution is 1.94. The summed E-state index contributed by atoms with van der Waals surface area (Å²) in [6.45, 7) is 5.07. The van der Waals surface area contributed by atoms with Crippen molar-refractivity contribution >= 4 is 5.97 Å². The number of hydrogen-bond donors (Lipinski definition) is 1. The number of carbonyl (C=O) groups excluding carboxylic acids is 1. The highest BCUT2D eigenvalue weighted by molar-refractivity contribution is 5.81. The molecule has 0 bridgehead atoms. The summed E-state index contributed by atoms with van der Waals surface area (Å²) < 4.78 is 4.83. The van der Waals surface area contributed by atoms with Gasteiger partial charge in [0.25, 0.3) is 0 Å². The molecule has 0 saturated carbocycles. The Morgan fingerprint density at radius 3 is 2.36 bits per heavy atom. The maximum absolute atomic E-state index is 10.6. The van der Waals surface area contributed by atoms with Gasteiger partial charge >= 0.3 is 5.97 Å². The fourth-order valence-electron chi connectivity index (χ4n) is 0.322. The highest BCUT2D eigenvalue weighted by Gasteiger charge is 2.06. The molecule has 0 aliphatic heterocycles. The van der Waals surface area contributed by atoms with Gasteiger partial charge in [-0.15, -0.1) is 0 Å². The van der Waals surface area contributed by atoms with Gasteiger partial charge in [0.2, 0.25) is 0 Å². The lowest BCUT2D eigenvalue weighted by Crippen LogP contribution is -2.29. The normalized spacial score (nSPS) is 11.6. The van der Waals surface area contributed by atoms with Crippen molar-refractivity contribution in [2.75, 3.05) is 14.1 Å². The highest BCUT2D eigenvalue weighted by atomic mass is 16.6. The Balaban J connectivity index is 0. The average molecular weight is 160 g/mol. The molecule has 0 rings (SSSR count). The zero-order valence-corrected chi connectivity index (χ0v) is 7.33. The van der Waals surface area contributed by atoms with E-state index in [9.17, 15) is 4.79 Å². The van der Waals surface area contributed by atoms with Gasteiger partial charge in [-0.25, -0.2) is 4.79 Å². The van der Waals surface area contributed by atoms with Crippen LogP contribution in [0.1, 0.15) is 6.92 Å². The van der Waals surface area contributed by atoms with E-state index >= 15 is 0 Å². The van der Waals surface area contributed by atoms with Crippen LogP contribution < -0.4 is 6.15 Å². The first kappa shape index (κ1) is 12.8. The molecule has 4 heteroatoms. The first-order chi connectivity index (χ1) is 4.57. The fourth-order valence-corrected chi connectivity index (χ4v) is 0.322. The summed E-state index contributed by atoms with van der Waals surface area (Å²) in [7, 11) is 3.67. The van der Waals surface area contributed by atoms with Crippen molar-refractivity contribution < 1.29 is 9.53 Å². The van der Waals surface area contributed by atoms with E-state index in [-0.39, 0.29) is 18.3 Å². The van der Waals surface area contributed by atoms with Gasteiger partial charge in [0.1, 0.15) is 0 Å². The first-order valence-corrected chi connectivity index (χ1v) is 3.07. The van der Waals surface area contributed by atoms with Crippen LogP contribution in [0.15, 0.2) is 12.7 Å². The third-order valence-electron chi connectivity index (χ3n) is 1.18. The first-order valence-electron chi connectivity index (χ1n) is 3.07. The number of esters is 1. The van der Waals surface area contributed by atoms with Crippen molar-refractivity contribution in [1.29, 1.82) is 0 Å². The second-order valence-corrected chi connectivity index (χ2v) is 2.20. The Bertz CT molecular complexity index is 134. The molecule has 1 atom stereocenters. The van der Waals surface area contributed by atoms with Crippen LogP contribution in [0.4, 0.5) is 0 Å². The molecule has 0 fully saturated rings. The molecule has 0 aromatic carbocycles. The third kappa shape index (κ3) is 5.57. The van der Waals surface area contributed by atoms with Crippen LogP contribution in [-0.4, -0.2) is 31.2 Å². The number of hydrogen-bond acceptors (Lipinski definition) is 4. The Labute approximate surface area is 67.4 Å². The summed E-state index contributed by atoms with van der Waals surface area (Å²) in [5.41, 5.74) is 0. The molecule has 66 valence electrons. The lowest BCUT2D eigenvalue weighted by Gasteiger charge is -2.18. The second-order valence-electron chi connectivity index (χ2n) is 2.20. The molecule has 0 aromatic heterocycles. The van der Waals surface area contributed by atoms with Crippen molar-refractivity contribution in [1.82, 2.24) is 11.1 Å². The Hall–Kier alpha value is -0.870. The maximum Gasteiger partial charge on any atom is 0.331 e. The average Bonchev–Trinajstić information content (AvgIpc) is 1.87. The van der Waals surface area contributed by atoms with E-state index in [2.05, 4.69) is 6.58 Å². The van der Waals surface area contributed by atoms with Gasteiger partial charge in [0.15, 0.2) is 6.23 Å². The summed E-state index contributed by atoms with van der Waals surface area (Å²) in [4.78, 5) is 12.4.